The van der Waals surface area contributed by atoms with E-state index in [-0.39, 0.29) is 0 Å². The lowest BCUT2D eigenvalue weighted by Crippen LogP contribution is -1.96. The molecule has 0 aliphatic carbocycles. The first kappa shape index (κ1) is 20.9. The number of para-hydroxylation sites is 2. The number of benzene rings is 8. The largest absolute Gasteiger partial charge is 0.308 e. The van der Waals surface area contributed by atoms with Crippen LogP contribution in [0.1, 0.15) is 0 Å². The molecule has 1 aromatic heterocycles. The first-order valence-corrected chi connectivity index (χ1v) is 13.5. The van der Waals surface area contributed by atoms with Gasteiger partial charge in [0.15, 0.2) is 0 Å². The third kappa shape index (κ3) is 2.79. The summed E-state index contributed by atoms with van der Waals surface area (Å²) in [7, 11) is 0. The van der Waals surface area contributed by atoms with Gasteiger partial charge in [0.05, 0.1) is 11.0 Å². The molecular formula is C38H23N. The van der Waals surface area contributed by atoms with Gasteiger partial charge in [-0.25, -0.2) is 0 Å². The molecule has 9 rings (SSSR count). The number of fused-ring (bicyclic) bond motifs is 5. The van der Waals surface area contributed by atoms with Crippen LogP contribution in [0, 0.1) is 0 Å². The van der Waals surface area contributed by atoms with Crippen molar-refractivity contribution in [3.63, 3.8) is 0 Å². The van der Waals surface area contributed by atoms with Crippen LogP contribution < -0.4 is 0 Å². The van der Waals surface area contributed by atoms with E-state index in [2.05, 4.69) is 144 Å². The molecule has 0 spiro atoms. The molecule has 0 saturated heterocycles. The Morgan fingerprint density at radius 3 is 1.77 bits per heavy atom. The van der Waals surface area contributed by atoms with Crippen LogP contribution in [0.15, 0.2) is 140 Å². The molecule has 0 fully saturated rings. The normalized spacial score (nSPS) is 12.1. The highest BCUT2D eigenvalue weighted by Gasteiger charge is 2.20. The molecule has 0 bridgehead atoms. The van der Waals surface area contributed by atoms with Crippen molar-refractivity contribution in [1.29, 1.82) is 0 Å². The second-order valence-electron chi connectivity index (χ2n) is 10.5. The standard InChI is InChI=1S/C38H23N/c1-2-11-28(12-3-1)39-37-29-13-5-4-8-24(29)18-23-34(37)33-15-7-14-32(38(33)39)30-21-19-27-17-16-25-9-6-10-26-20-22-31(30)36(27)35(25)26/h1-23H. The number of hydrogen-bond acceptors (Lipinski definition) is 0. The van der Waals surface area contributed by atoms with Crippen LogP contribution in [-0.2, 0) is 0 Å². The summed E-state index contributed by atoms with van der Waals surface area (Å²) in [4.78, 5) is 0. The van der Waals surface area contributed by atoms with Gasteiger partial charge in [0.1, 0.15) is 0 Å². The van der Waals surface area contributed by atoms with Crippen LogP contribution in [0.4, 0.5) is 0 Å². The van der Waals surface area contributed by atoms with Gasteiger partial charge in [-0.3, -0.25) is 0 Å². The van der Waals surface area contributed by atoms with E-state index >= 15 is 0 Å². The minimum absolute atomic E-state index is 1.18. The fraction of sp³-hybridized carbons (Fsp3) is 0. The quantitative estimate of drug-likeness (QED) is 0.211. The van der Waals surface area contributed by atoms with E-state index < -0.39 is 0 Å². The first-order valence-electron chi connectivity index (χ1n) is 13.5. The van der Waals surface area contributed by atoms with Crippen LogP contribution in [0.2, 0.25) is 0 Å². The molecule has 1 nitrogen and oxygen atoms in total. The molecule has 9 aromatic rings. The smallest absolute Gasteiger partial charge is 0.0619 e. The molecule has 0 aliphatic heterocycles. The third-order valence-electron chi connectivity index (χ3n) is 8.51. The maximum atomic E-state index is 2.49. The molecule has 180 valence electrons. The first-order chi connectivity index (χ1) is 19.4. The highest BCUT2D eigenvalue weighted by molar-refractivity contribution is 6.27. The molecule has 0 atom stereocenters. The average Bonchev–Trinajstić information content (AvgIpc) is 3.35. The Bertz CT molecular complexity index is 2360. The highest BCUT2D eigenvalue weighted by atomic mass is 15.0. The van der Waals surface area contributed by atoms with Crippen molar-refractivity contribution in [2.75, 3.05) is 0 Å². The van der Waals surface area contributed by atoms with Gasteiger partial charge in [-0.15, -0.1) is 0 Å². The lowest BCUT2D eigenvalue weighted by atomic mass is 9.89. The summed E-state index contributed by atoms with van der Waals surface area (Å²) in [6, 6.07) is 51.3. The Morgan fingerprint density at radius 2 is 0.897 bits per heavy atom. The lowest BCUT2D eigenvalue weighted by molar-refractivity contribution is 1.19. The second kappa shape index (κ2) is 7.69. The average molecular weight is 494 g/mol. The van der Waals surface area contributed by atoms with Crippen molar-refractivity contribution < 1.29 is 0 Å². The van der Waals surface area contributed by atoms with Crippen LogP contribution >= 0.6 is 0 Å². The van der Waals surface area contributed by atoms with Crippen molar-refractivity contribution in [2.45, 2.75) is 0 Å². The van der Waals surface area contributed by atoms with E-state index in [1.807, 2.05) is 0 Å². The Labute approximate surface area is 225 Å². The Balaban J connectivity index is 1.50. The van der Waals surface area contributed by atoms with Crippen LogP contribution in [-0.4, -0.2) is 4.57 Å². The van der Waals surface area contributed by atoms with Gasteiger partial charge in [-0.2, -0.15) is 0 Å². The van der Waals surface area contributed by atoms with E-state index in [9.17, 15) is 0 Å². The lowest BCUT2D eigenvalue weighted by Gasteiger charge is -2.16. The fourth-order valence-electron chi connectivity index (χ4n) is 6.85. The van der Waals surface area contributed by atoms with Crippen LogP contribution in [0.3, 0.4) is 0 Å². The summed E-state index contributed by atoms with van der Waals surface area (Å²) in [5.41, 5.74) is 6.23. The van der Waals surface area contributed by atoms with Crippen molar-refractivity contribution in [3.8, 4) is 16.8 Å². The van der Waals surface area contributed by atoms with Crippen molar-refractivity contribution in [2.24, 2.45) is 0 Å². The molecule has 0 radical (unpaired) electrons. The number of rotatable bonds is 2. The molecule has 0 unspecified atom stereocenters. The third-order valence-corrected chi connectivity index (χ3v) is 8.51. The van der Waals surface area contributed by atoms with Gasteiger partial charge in [-0.1, -0.05) is 127 Å². The predicted molar refractivity (Wildman–Crippen MR) is 167 cm³/mol. The summed E-state index contributed by atoms with van der Waals surface area (Å²) < 4.78 is 2.49. The van der Waals surface area contributed by atoms with Crippen molar-refractivity contribution in [1.82, 2.24) is 4.57 Å². The molecule has 8 aromatic carbocycles. The number of hydrogen-bond donors (Lipinski definition) is 0. The maximum absolute atomic E-state index is 2.49. The van der Waals surface area contributed by atoms with E-state index in [1.54, 1.807) is 0 Å². The SMILES string of the molecule is c1ccc(-n2c3c(-c4ccc5ccc6cccc7ccc4c5c67)cccc3c3ccc4ccccc4c32)cc1. The minimum atomic E-state index is 1.18. The minimum Gasteiger partial charge on any atom is -0.308 e. The maximum Gasteiger partial charge on any atom is 0.0619 e. The van der Waals surface area contributed by atoms with Gasteiger partial charge < -0.3 is 4.57 Å². The molecule has 0 N–H and O–H groups in total. The number of aromatic nitrogens is 1. The Morgan fingerprint density at radius 1 is 0.308 bits per heavy atom. The van der Waals surface area contributed by atoms with E-state index in [0.717, 1.165) is 0 Å². The zero-order valence-electron chi connectivity index (χ0n) is 21.2. The molecule has 0 amide bonds. The molecule has 1 heteroatoms. The highest BCUT2D eigenvalue weighted by Crippen LogP contribution is 2.44. The van der Waals surface area contributed by atoms with Gasteiger partial charge in [-0.05, 0) is 55.4 Å². The van der Waals surface area contributed by atoms with E-state index in [4.69, 9.17) is 0 Å². The zero-order valence-corrected chi connectivity index (χ0v) is 21.2. The second-order valence-corrected chi connectivity index (χ2v) is 10.5. The van der Waals surface area contributed by atoms with Gasteiger partial charge in [0.2, 0.25) is 0 Å². The monoisotopic (exact) mass is 493 g/mol. The summed E-state index contributed by atoms with van der Waals surface area (Å²) in [6.07, 6.45) is 0. The molecule has 0 aliphatic rings. The summed E-state index contributed by atoms with van der Waals surface area (Å²) >= 11 is 0. The Kier molecular flexibility index (Phi) is 4.11. The summed E-state index contributed by atoms with van der Waals surface area (Å²) in [5, 5.41) is 13.0. The van der Waals surface area contributed by atoms with Crippen LogP contribution in [0.25, 0.3) is 81.7 Å². The van der Waals surface area contributed by atoms with Gasteiger partial charge >= 0.3 is 0 Å². The topological polar surface area (TPSA) is 4.93 Å². The van der Waals surface area contributed by atoms with Gasteiger partial charge in [0.25, 0.3) is 0 Å². The zero-order chi connectivity index (χ0) is 25.5. The van der Waals surface area contributed by atoms with E-state index in [0.29, 0.717) is 0 Å². The molecule has 1 heterocycles. The number of nitrogens with zero attached hydrogens (tertiary/aromatic N) is 1. The molecule has 39 heavy (non-hydrogen) atoms. The predicted octanol–water partition coefficient (Wildman–Crippen LogP) is 10.5. The molecular weight excluding hydrogens is 470 g/mol. The van der Waals surface area contributed by atoms with Gasteiger partial charge in [0, 0.05) is 27.4 Å². The van der Waals surface area contributed by atoms with Crippen molar-refractivity contribution in [3.05, 3.63) is 140 Å². The molecule has 0 saturated carbocycles. The fourth-order valence-corrected chi connectivity index (χ4v) is 6.85. The van der Waals surface area contributed by atoms with Crippen LogP contribution in [0.5, 0.6) is 0 Å². The summed E-state index contributed by atoms with van der Waals surface area (Å²) in [6.45, 7) is 0. The van der Waals surface area contributed by atoms with Crippen molar-refractivity contribution >= 4 is 64.9 Å². The summed E-state index contributed by atoms with van der Waals surface area (Å²) in [5.74, 6) is 0. The van der Waals surface area contributed by atoms with E-state index in [1.165, 1.54) is 81.7 Å². The Hall–Kier alpha value is -5.14.